The minimum absolute atomic E-state index is 0. The van der Waals surface area contributed by atoms with Gasteiger partial charge in [-0.1, -0.05) is 36.8 Å². The molecule has 0 saturated carbocycles. The highest BCUT2D eigenvalue weighted by atomic mass is 35.5. The molecular weight excluding hydrogens is 312 g/mol. The molecule has 0 aromatic heterocycles. The maximum atomic E-state index is 12.7. The minimum atomic E-state index is -0.191. The SMILES string of the molecule is COC(CN)CC(=O)N1CCCC(C)C1c1ccc(C)cc1.Cl. The highest BCUT2D eigenvalue weighted by molar-refractivity contribution is 5.85. The van der Waals surface area contributed by atoms with Crippen LogP contribution in [0, 0.1) is 12.8 Å². The topological polar surface area (TPSA) is 55.6 Å². The number of halogens is 1. The van der Waals surface area contributed by atoms with Crippen molar-refractivity contribution >= 4 is 18.3 Å². The highest BCUT2D eigenvalue weighted by Crippen LogP contribution is 2.36. The van der Waals surface area contributed by atoms with Gasteiger partial charge in [-0.3, -0.25) is 4.79 Å². The summed E-state index contributed by atoms with van der Waals surface area (Å²) < 4.78 is 5.27. The van der Waals surface area contributed by atoms with Crippen molar-refractivity contribution in [1.82, 2.24) is 4.90 Å². The molecule has 23 heavy (non-hydrogen) atoms. The number of likely N-dealkylation sites (tertiary alicyclic amines) is 1. The number of carbonyl (C=O) groups is 1. The lowest BCUT2D eigenvalue weighted by Crippen LogP contribution is -2.44. The Labute approximate surface area is 145 Å². The van der Waals surface area contributed by atoms with Gasteiger partial charge < -0.3 is 15.4 Å². The predicted octanol–water partition coefficient (Wildman–Crippen LogP) is 3.08. The van der Waals surface area contributed by atoms with E-state index >= 15 is 0 Å². The summed E-state index contributed by atoms with van der Waals surface area (Å²) >= 11 is 0. The Kier molecular flexibility index (Phi) is 8.03. The van der Waals surface area contributed by atoms with E-state index < -0.39 is 0 Å². The lowest BCUT2D eigenvalue weighted by molar-refractivity contribution is -0.139. The van der Waals surface area contributed by atoms with Crippen molar-refractivity contribution in [2.24, 2.45) is 11.7 Å². The summed E-state index contributed by atoms with van der Waals surface area (Å²) in [5.74, 6) is 0.619. The van der Waals surface area contributed by atoms with Crippen molar-refractivity contribution < 1.29 is 9.53 Å². The number of ether oxygens (including phenoxy) is 1. The van der Waals surface area contributed by atoms with Gasteiger partial charge in [0.05, 0.1) is 18.6 Å². The monoisotopic (exact) mass is 340 g/mol. The van der Waals surface area contributed by atoms with Crippen molar-refractivity contribution in [3.05, 3.63) is 35.4 Å². The average molecular weight is 341 g/mol. The Morgan fingerprint density at radius 3 is 2.61 bits per heavy atom. The van der Waals surface area contributed by atoms with Gasteiger partial charge in [-0.25, -0.2) is 0 Å². The second kappa shape index (κ2) is 9.26. The zero-order valence-corrected chi connectivity index (χ0v) is 15.1. The Morgan fingerprint density at radius 1 is 1.39 bits per heavy atom. The van der Waals surface area contributed by atoms with Crippen LogP contribution in [-0.2, 0) is 9.53 Å². The van der Waals surface area contributed by atoms with E-state index in [2.05, 4.69) is 38.1 Å². The van der Waals surface area contributed by atoms with Gasteiger partial charge in [0.15, 0.2) is 0 Å². The molecule has 1 saturated heterocycles. The number of carbonyl (C=O) groups excluding carboxylic acids is 1. The number of methoxy groups -OCH3 is 1. The Bertz CT molecular complexity index is 488. The molecule has 0 bridgehead atoms. The standard InChI is InChI=1S/C18H28N2O2.ClH/c1-13-6-8-15(9-7-13)18-14(2)5-4-10-20(18)17(21)11-16(12-19)22-3;/h6-9,14,16,18H,4-5,10-12,19H2,1-3H3;1H. The number of piperidine rings is 1. The van der Waals surface area contributed by atoms with Crippen LogP contribution < -0.4 is 5.73 Å². The van der Waals surface area contributed by atoms with E-state index in [1.807, 2.05) is 4.90 Å². The molecule has 1 fully saturated rings. The summed E-state index contributed by atoms with van der Waals surface area (Å²) in [7, 11) is 1.61. The van der Waals surface area contributed by atoms with Gasteiger partial charge in [0.2, 0.25) is 5.91 Å². The fraction of sp³-hybridized carbons (Fsp3) is 0.611. The zero-order valence-electron chi connectivity index (χ0n) is 14.3. The fourth-order valence-electron chi connectivity index (χ4n) is 3.31. The molecule has 2 N–H and O–H groups in total. The largest absolute Gasteiger partial charge is 0.380 e. The molecule has 1 aromatic rings. The third-order valence-corrected chi connectivity index (χ3v) is 4.67. The number of amides is 1. The van der Waals surface area contributed by atoms with Crippen molar-refractivity contribution in [1.29, 1.82) is 0 Å². The number of nitrogens with zero attached hydrogens (tertiary/aromatic N) is 1. The van der Waals surface area contributed by atoms with E-state index in [1.54, 1.807) is 7.11 Å². The second-order valence-corrected chi connectivity index (χ2v) is 6.36. The van der Waals surface area contributed by atoms with Gasteiger partial charge in [0, 0.05) is 20.2 Å². The van der Waals surface area contributed by atoms with Crippen LogP contribution in [0.3, 0.4) is 0 Å². The molecule has 0 spiro atoms. The summed E-state index contributed by atoms with van der Waals surface area (Å²) in [5.41, 5.74) is 8.13. The summed E-state index contributed by atoms with van der Waals surface area (Å²) in [6.45, 7) is 5.52. The average Bonchev–Trinajstić information content (AvgIpc) is 2.53. The van der Waals surface area contributed by atoms with Crippen molar-refractivity contribution in [2.75, 3.05) is 20.2 Å². The number of hydrogen-bond acceptors (Lipinski definition) is 3. The molecule has 130 valence electrons. The van der Waals surface area contributed by atoms with Crippen LogP contribution in [0.15, 0.2) is 24.3 Å². The molecule has 1 aromatic carbocycles. The van der Waals surface area contributed by atoms with E-state index in [1.165, 1.54) is 11.1 Å². The maximum absolute atomic E-state index is 12.7. The lowest BCUT2D eigenvalue weighted by Gasteiger charge is -2.41. The Hall–Kier alpha value is -1.10. The number of hydrogen-bond donors (Lipinski definition) is 1. The Balaban J connectivity index is 0.00000264. The molecule has 1 aliphatic heterocycles. The first-order valence-electron chi connectivity index (χ1n) is 8.15. The molecule has 1 aliphatic rings. The normalized spacial score (nSPS) is 22.3. The van der Waals surface area contributed by atoms with Gasteiger partial charge >= 0.3 is 0 Å². The first kappa shape index (κ1) is 19.9. The van der Waals surface area contributed by atoms with Gasteiger partial charge in [-0.2, -0.15) is 0 Å². The highest BCUT2D eigenvalue weighted by Gasteiger charge is 2.33. The molecule has 3 atom stereocenters. The van der Waals surface area contributed by atoms with Crippen LogP contribution in [0.5, 0.6) is 0 Å². The molecule has 0 radical (unpaired) electrons. The zero-order chi connectivity index (χ0) is 16.1. The van der Waals surface area contributed by atoms with Crippen molar-refractivity contribution in [3.63, 3.8) is 0 Å². The first-order valence-corrected chi connectivity index (χ1v) is 8.15. The molecule has 1 heterocycles. The van der Waals surface area contributed by atoms with E-state index in [4.69, 9.17) is 10.5 Å². The molecule has 0 aliphatic carbocycles. The van der Waals surface area contributed by atoms with Crippen LogP contribution in [-0.4, -0.2) is 37.1 Å². The first-order chi connectivity index (χ1) is 10.6. The van der Waals surface area contributed by atoms with Crippen LogP contribution in [0.1, 0.15) is 43.4 Å². The van der Waals surface area contributed by atoms with E-state index in [9.17, 15) is 4.79 Å². The predicted molar refractivity (Wildman–Crippen MR) is 95.7 cm³/mol. The summed E-state index contributed by atoms with van der Waals surface area (Å²) in [4.78, 5) is 14.7. The summed E-state index contributed by atoms with van der Waals surface area (Å²) in [5, 5.41) is 0. The molecule has 2 rings (SSSR count). The smallest absolute Gasteiger partial charge is 0.225 e. The fourth-order valence-corrected chi connectivity index (χ4v) is 3.31. The molecule has 4 nitrogen and oxygen atoms in total. The third kappa shape index (κ3) is 4.93. The van der Waals surface area contributed by atoms with Crippen molar-refractivity contribution in [2.45, 2.75) is 45.3 Å². The van der Waals surface area contributed by atoms with Crippen molar-refractivity contribution in [3.8, 4) is 0 Å². The third-order valence-electron chi connectivity index (χ3n) is 4.67. The Morgan fingerprint density at radius 2 is 2.04 bits per heavy atom. The van der Waals surface area contributed by atoms with Gasteiger partial charge in [0.1, 0.15) is 0 Å². The van der Waals surface area contributed by atoms with Crippen LogP contribution in [0.25, 0.3) is 0 Å². The molecule has 1 amide bonds. The molecule has 3 unspecified atom stereocenters. The lowest BCUT2D eigenvalue weighted by atomic mass is 9.85. The van der Waals surface area contributed by atoms with E-state index in [0.29, 0.717) is 18.9 Å². The summed E-state index contributed by atoms with van der Waals surface area (Å²) in [6.07, 6.45) is 2.40. The molecular formula is C18H29ClN2O2. The van der Waals surface area contributed by atoms with Gasteiger partial charge in [-0.05, 0) is 31.2 Å². The van der Waals surface area contributed by atoms with E-state index in [-0.39, 0.29) is 30.5 Å². The second-order valence-electron chi connectivity index (χ2n) is 6.36. The van der Waals surface area contributed by atoms with Crippen LogP contribution in [0.2, 0.25) is 0 Å². The van der Waals surface area contributed by atoms with E-state index in [0.717, 1.165) is 19.4 Å². The van der Waals surface area contributed by atoms with Crippen LogP contribution in [0.4, 0.5) is 0 Å². The maximum Gasteiger partial charge on any atom is 0.225 e. The number of benzene rings is 1. The number of aryl methyl sites for hydroxylation is 1. The quantitative estimate of drug-likeness (QED) is 0.896. The molecule has 5 heteroatoms. The summed E-state index contributed by atoms with van der Waals surface area (Å²) in [6, 6.07) is 8.71. The van der Waals surface area contributed by atoms with Gasteiger partial charge in [0.25, 0.3) is 0 Å². The minimum Gasteiger partial charge on any atom is -0.380 e. The number of nitrogens with two attached hydrogens (primary N) is 1. The number of rotatable bonds is 5. The van der Waals surface area contributed by atoms with Crippen LogP contribution >= 0.6 is 12.4 Å². The van der Waals surface area contributed by atoms with Gasteiger partial charge in [-0.15, -0.1) is 12.4 Å².